The van der Waals surface area contributed by atoms with E-state index in [0.29, 0.717) is 24.4 Å². The SMILES string of the molecule is CC(O)C1CCN(S(=O)(=O)c2ccc(Br)cc2)C1. The lowest BCUT2D eigenvalue weighted by Gasteiger charge is -2.17. The molecule has 2 atom stereocenters. The van der Waals surface area contributed by atoms with Crippen molar-refractivity contribution in [1.82, 2.24) is 4.31 Å². The summed E-state index contributed by atoms with van der Waals surface area (Å²) in [6.07, 6.45) is 0.253. The van der Waals surface area contributed by atoms with E-state index in [0.717, 1.165) is 4.47 Å². The molecule has 0 bridgehead atoms. The largest absolute Gasteiger partial charge is 0.393 e. The van der Waals surface area contributed by atoms with Gasteiger partial charge >= 0.3 is 0 Å². The van der Waals surface area contributed by atoms with Crippen LogP contribution in [0.4, 0.5) is 0 Å². The maximum Gasteiger partial charge on any atom is 0.243 e. The van der Waals surface area contributed by atoms with Crippen molar-refractivity contribution in [3.8, 4) is 0 Å². The summed E-state index contributed by atoms with van der Waals surface area (Å²) >= 11 is 3.28. The molecule has 1 N–H and O–H groups in total. The highest BCUT2D eigenvalue weighted by Gasteiger charge is 2.34. The fraction of sp³-hybridized carbons (Fsp3) is 0.500. The Hall–Kier alpha value is -0.430. The molecular weight excluding hydrogens is 318 g/mol. The third-order valence-electron chi connectivity index (χ3n) is 3.32. The van der Waals surface area contributed by atoms with Gasteiger partial charge in [-0.15, -0.1) is 0 Å². The predicted octanol–water partition coefficient (Wildman–Crippen LogP) is 1.84. The Morgan fingerprint density at radius 3 is 2.50 bits per heavy atom. The molecule has 1 aliphatic rings. The summed E-state index contributed by atoms with van der Waals surface area (Å²) in [5.41, 5.74) is 0. The van der Waals surface area contributed by atoms with Gasteiger partial charge in [-0.3, -0.25) is 0 Å². The number of nitrogens with zero attached hydrogens (tertiary/aromatic N) is 1. The van der Waals surface area contributed by atoms with Crippen LogP contribution in [-0.4, -0.2) is 37.0 Å². The van der Waals surface area contributed by atoms with Gasteiger partial charge in [0.1, 0.15) is 0 Å². The van der Waals surface area contributed by atoms with Gasteiger partial charge in [0, 0.05) is 17.6 Å². The molecule has 0 saturated carbocycles. The first-order valence-electron chi connectivity index (χ1n) is 5.85. The monoisotopic (exact) mass is 333 g/mol. The minimum Gasteiger partial charge on any atom is -0.393 e. The molecule has 18 heavy (non-hydrogen) atoms. The summed E-state index contributed by atoms with van der Waals surface area (Å²) < 4.78 is 27.0. The van der Waals surface area contributed by atoms with E-state index in [1.54, 1.807) is 31.2 Å². The maximum absolute atomic E-state index is 12.3. The fourth-order valence-corrected chi connectivity index (χ4v) is 3.90. The second kappa shape index (κ2) is 5.28. The number of hydrogen-bond donors (Lipinski definition) is 1. The highest BCUT2D eigenvalue weighted by atomic mass is 79.9. The number of halogens is 1. The predicted molar refractivity (Wildman–Crippen MR) is 72.7 cm³/mol. The zero-order valence-electron chi connectivity index (χ0n) is 10.1. The average molecular weight is 334 g/mol. The van der Waals surface area contributed by atoms with Gasteiger partial charge in [0.2, 0.25) is 10.0 Å². The van der Waals surface area contributed by atoms with E-state index >= 15 is 0 Å². The molecule has 4 nitrogen and oxygen atoms in total. The minimum absolute atomic E-state index is 0.0372. The zero-order chi connectivity index (χ0) is 13.3. The van der Waals surface area contributed by atoms with E-state index in [1.807, 2.05) is 0 Å². The third-order valence-corrected chi connectivity index (χ3v) is 5.73. The first-order chi connectivity index (χ1) is 8.41. The molecule has 0 aromatic heterocycles. The van der Waals surface area contributed by atoms with Crippen LogP contribution in [0.1, 0.15) is 13.3 Å². The lowest BCUT2D eigenvalue weighted by Crippen LogP contribution is -2.30. The van der Waals surface area contributed by atoms with Crippen LogP contribution >= 0.6 is 15.9 Å². The number of aliphatic hydroxyl groups excluding tert-OH is 1. The molecule has 100 valence electrons. The number of hydrogen-bond acceptors (Lipinski definition) is 3. The van der Waals surface area contributed by atoms with Crippen LogP contribution in [0.15, 0.2) is 33.6 Å². The van der Waals surface area contributed by atoms with Gasteiger partial charge in [0.25, 0.3) is 0 Å². The fourth-order valence-electron chi connectivity index (χ4n) is 2.12. The molecule has 0 amide bonds. The Balaban J connectivity index is 2.20. The molecular formula is C12H16BrNO3S. The van der Waals surface area contributed by atoms with Crippen molar-refractivity contribution < 1.29 is 13.5 Å². The first kappa shape index (κ1) is 14.0. The number of benzene rings is 1. The summed E-state index contributed by atoms with van der Waals surface area (Å²) in [7, 11) is -3.42. The Morgan fingerprint density at radius 1 is 1.39 bits per heavy atom. The molecule has 6 heteroatoms. The molecule has 1 saturated heterocycles. The van der Waals surface area contributed by atoms with E-state index in [1.165, 1.54) is 4.31 Å². The lowest BCUT2D eigenvalue weighted by atomic mass is 10.0. The van der Waals surface area contributed by atoms with Crippen molar-refractivity contribution in [2.75, 3.05) is 13.1 Å². The standard InChI is InChI=1S/C12H16BrNO3S/c1-9(15)10-6-7-14(8-10)18(16,17)12-4-2-11(13)3-5-12/h2-5,9-10,15H,6-8H2,1H3. The molecule has 1 aromatic rings. The molecule has 0 aliphatic carbocycles. The summed E-state index contributed by atoms with van der Waals surface area (Å²) in [5, 5.41) is 9.51. The van der Waals surface area contributed by atoms with Crippen molar-refractivity contribution in [3.05, 3.63) is 28.7 Å². The van der Waals surface area contributed by atoms with Gasteiger partial charge < -0.3 is 5.11 Å². The van der Waals surface area contributed by atoms with Crippen LogP contribution < -0.4 is 0 Å². The van der Waals surface area contributed by atoms with Crippen molar-refractivity contribution in [1.29, 1.82) is 0 Å². The van der Waals surface area contributed by atoms with E-state index in [-0.39, 0.29) is 5.92 Å². The second-order valence-electron chi connectivity index (χ2n) is 4.61. The van der Waals surface area contributed by atoms with Crippen molar-refractivity contribution in [2.45, 2.75) is 24.3 Å². The van der Waals surface area contributed by atoms with Gasteiger partial charge in [0.05, 0.1) is 11.0 Å². The van der Waals surface area contributed by atoms with E-state index in [9.17, 15) is 13.5 Å². The number of sulfonamides is 1. The Bertz CT molecular complexity index is 513. The maximum atomic E-state index is 12.3. The molecule has 0 spiro atoms. The Kier molecular flexibility index (Phi) is 4.11. The van der Waals surface area contributed by atoms with Crippen LogP contribution in [0.25, 0.3) is 0 Å². The smallest absolute Gasteiger partial charge is 0.243 e. The summed E-state index contributed by atoms with van der Waals surface area (Å²) in [5.74, 6) is 0.0372. The molecule has 1 aliphatic heterocycles. The van der Waals surface area contributed by atoms with Crippen LogP contribution in [0.5, 0.6) is 0 Å². The molecule has 0 radical (unpaired) electrons. The lowest BCUT2D eigenvalue weighted by molar-refractivity contribution is 0.133. The first-order valence-corrected chi connectivity index (χ1v) is 8.08. The molecule has 1 heterocycles. The highest BCUT2D eigenvalue weighted by molar-refractivity contribution is 9.10. The van der Waals surface area contributed by atoms with Crippen LogP contribution in [-0.2, 0) is 10.0 Å². The van der Waals surface area contributed by atoms with Crippen molar-refractivity contribution >= 4 is 26.0 Å². The zero-order valence-corrected chi connectivity index (χ0v) is 12.5. The normalized spacial score (nSPS) is 23.2. The van der Waals surface area contributed by atoms with Crippen LogP contribution in [0.2, 0.25) is 0 Å². The molecule has 1 aromatic carbocycles. The van der Waals surface area contributed by atoms with Gasteiger partial charge in [-0.2, -0.15) is 4.31 Å². The summed E-state index contributed by atoms with van der Waals surface area (Å²) in [6.45, 7) is 2.59. The molecule has 2 rings (SSSR count). The van der Waals surface area contributed by atoms with Gasteiger partial charge in [-0.25, -0.2) is 8.42 Å². The van der Waals surface area contributed by atoms with Gasteiger partial charge in [-0.1, -0.05) is 15.9 Å². The van der Waals surface area contributed by atoms with Gasteiger partial charge in [-0.05, 0) is 43.5 Å². The number of rotatable bonds is 3. The summed E-state index contributed by atoms with van der Waals surface area (Å²) in [6, 6.07) is 6.62. The Morgan fingerprint density at radius 2 is 2.00 bits per heavy atom. The minimum atomic E-state index is -3.42. The molecule has 2 unspecified atom stereocenters. The van der Waals surface area contributed by atoms with Gasteiger partial charge in [0.15, 0.2) is 0 Å². The topological polar surface area (TPSA) is 57.6 Å². The van der Waals surface area contributed by atoms with E-state index in [2.05, 4.69) is 15.9 Å². The van der Waals surface area contributed by atoms with E-state index in [4.69, 9.17) is 0 Å². The van der Waals surface area contributed by atoms with Crippen LogP contribution in [0.3, 0.4) is 0 Å². The Labute approximate surface area is 116 Å². The summed E-state index contributed by atoms with van der Waals surface area (Å²) in [4.78, 5) is 0.303. The second-order valence-corrected chi connectivity index (χ2v) is 7.46. The third kappa shape index (κ3) is 2.77. The molecule has 1 fully saturated rings. The average Bonchev–Trinajstić information content (AvgIpc) is 2.79. The quantitative estimate of drug-likeness (QED) is 0.918. The van der Waals surface area contributed by atoms with Crippen molar-refractivity contribution in [3.63, 3.8) is 0 Å². The van der Waals surface area contributed by atoms with E-state index < -0.39 is 16.1 Å². The number of aliphatic hydroxyl groups is 1. The van der Waals surface area contributed by atoms with Crippen LogP contribution in [0, 0.1) is 5.92 Å². The van der Waals surface area contributed by atoms with Crippen molar-refractivity contribution in [2.24, 2.45) is 5.92 Å². The highest BCUT2D eigenvalue weighted by Crippen LogP contribution is 2.26.